The lowest BCUT2D eigenvalue weighted by Crippen LogP contribution is -2.53. The number of halogens is 2. The van der Waals surface area contributed by atoms with Crippen molar-refractivity contribution in [2.75, 3.05) is 17.4 Å². The molecule has 1 N–H and O–H groups in total. The molecule has 2 amide bonds. The van der Waals surface area contributed by atoms with E-state index in [0.29, 0.717) is 22.2 Å². The highest BCUT2D eigenvalue weighted by Gasteiger charge is 2.34. The van der Waals surface area contributed by atoms with Crippen molar-refractivity contribution in [1.82, 2.24) is 10.2 Å². The first-order chi connectivity index (χ1) is 22.0. The molecule has 4 aromatic carbocycles. The van der Waals surface area contributed by atoms with Crippen molar-refractivity contribution in [3.05, 3.63) is 129 Å². The van der Waals surface area contributed by atoms with Gasteiger partial charge in [-0.25, -0.2) is 8.42 Å². The molecule has 0 fully saturated rings. The zero-order valence-corrected chi connectivity index (χ0v) is 28.6. The Labute approximate surface area is 282 Å². The number of anilines is 1. The van der Waals surface area contributed by atoms with Gasteiger partial charge in [0.15, 0.2) is 0 Å². The Kier molecular flexibility index (Phi) is 12.3. The van der Waals surface area contributed by atoms with Crippen LogP contribution < -0.4 is 9.62 Å². The summed E-state index contributed by atoms with van der Waals surface area (Å²) in [5, 5.41) is 3.83. The van der Waals surface area contributed by atoms with E-state index in [0.717, 1.165) is 33.8 Å². The van der Waals surface area contributed by atoms with E-state index in [9.17, 15) is 18.0 Å². The van der Waals surface area contributed by atoms with Gasteiger partial charge in [-0.15, -0.1) is 0 Å². The minimum Gasteiger partial charge on any atom is -0.354 e. The predicted molar refractivity (Wildman–Crippen MR) is 186 cm³/mol. The molecule has 0 saturated heterocycles. The van der Waals surface area contributed by atoms with Crippen LogP contribution in [0.5, 0.6) is 0 Å². The standard InChI is InChI=1S/C36H39Cl2N3O4S/c1-4-5-20-39-36(43)34(22-28-10-7-6-8-11-28)40(24-29-12-9-13-30(37)21-29)35(42)25-41(31-17-16-27(3)33(38)23-31)46(44,45)32-18-14-26(2)15-19-32/h6-19,21,23,34H,4-5,20,22,24-25H2,1-3H3,(H,39,43)/t34-/m0/s1. The number of sulfonamides is 1. The summed E-state index contributed by atoms with van der Waals surface area (Å²) in [6.07, 6.45) is 1.90. The van der Waals surface area contributed by atoms with E-state index in [4.69, 9.17) is 23.2 Å². The minimum absolute atomic E-state index is 0.0298. The number of nitrogens with one attached hydrogen (secondary N) is 1. The molecular weight excluding hydrogens is 641 g/mol. The zero-order chi connectivity index (χ0) is 33.3. The third kappa shape index (κ3) is 9.12. The van der Waals surface area contributed by atoms with Gasteiger partial charge in [0.1, 0.15) is 12.6 Å². The Hall–Kier alpha value is -3.85. The highest BCUT2D eigenvalue weighted by molar-refractivity contribution is 7.92. The fourth-order valence-corrected chi connectivity index (χ4v) is 6.79. The second-order valence-electron chi connectivity index (χ2n) is 11.3. The molecule has 46 heavy (non-hydrogen) atoms. The smallest absolute Gasteiger partial charge is 0.264 e. The van der Waals surface area contributed by atoms with Gasteiger partial charge < -0.3 is 10.2 Å². The first kappa shape index (κ1) is 35.0. The average Bonchev–Trinajstić information content (AvgIpc) is 3.03. The quantitative estimate of drug-likeness (QED) is 0.141. The molecule has 4 aromatic rings. The van der Waals surface area contributed by atoms with Crippen molar-refractivity contribution in [3.63, 3.8) is 0 Å². The number of nitrogens with zero attached hydrogens (tertiary/aromatic N) is 2. The molecule has 7 nitrogen and oxygen atoms in total. The summed E-state index contributed by atoms with van der Waals surface area (Å²) in [5.74, 6) is -0.877. The van der Waals surface area contributed by atoms with Gasteiger partial charge in [-0.2, -0.15) is 0 Å². The van der Waals surface area contributed by atoms with Crippen molar-refractivity contribution in [2.24, 2.45) is 0 Å². The highest BCUT2D eigenvalue weighted by atomic mass is 35.5. The van der Waals surface area contributed by atoms with E-state index in [1.165, 1.54) is 23.1 Å². The van der Waals surface area contributed by atoms with Gasteiger partial charge in [-0.3, -0.25) is 13.9 Å². The first-order valence-corrected chi connectivity index (χ1v) is 17.4. The molecule has 0 aromatic heterocycles. The molecule has 1 atom stereocenters. The maximum absolute atomic E-state index is 14.5. The van der Waals surface area contributed by atoms with Crippen LogP contribution in [0.25, 0.3) is 0 Å². The fourth-order valence-electron chi connectivity index (χ4n) is 5.00. The van der Waals surface area contributed by atoms with E-state index >= 15 is 0 Å². The first-order valence-electron chi connectivity index (χ1n) is 15.2. The predicted octanol–water partition coefficient (Wildman–Crippen LogP) is 7.36. The highest BCUT2D eigenvalue weighted by Crippen LogP contribution is 2.29. The third-order valence-electron chi connectivity index (χ3n) is 7.67. The molecule has 0 aliphatic rings. The van der Waals surface area contributed by atoms with Gasteiger partial charge in [-0.05, 0) is 73.4 Å². The van der Waals surface area contributed by atoms with Crippen LogP contribution in [0.3, 0.4) is 0 Å². The van der Waals surface area contributed by atoms with E-state index in [1.54, 1.807) is 42.5 Å². The normalized spacial score (nSPS) is 11.9. The second kappa shape index (κ2) is 16.1. The molecule has 0 bridgehead atoms. The van der Waals surface area contributed by atoms with E-state index < -0.39 is 28.5 Å². The fraction of sp³-hybridized carbons (Fsp3) is 0.278. The van der Waals surface area contributed by atoms with Crippen molar-refractivity contribution in [1.29, 1.82) is 0 Å². The maximum atomic E-state index is 14.5. The summed E-state index contributed by atoms with van der Waals surface area (Å²) in [6, 6.07) is 26.9. The number of hydrogen-bond acceptors (Lipinski definition) is 4. The van der Waals surface area contributed by atoms with E-state index in [-0.39, 0.29) is 29.5 Å². The number of amides is 2. The van der Waals surface area contributed by atoms with Crippen LogP contribution >= 0.6 is 23.2 Å². The molecule has 0 spiro atoms. The van der Waals surface area contributed by atoms with Crippen molar-refractivity contribution in [3.8, 4) is 0 Å². The minimum atomic E-state index is -4.23. The van der Waals surface area contributed by atoms with Crippen molar-refractivity contribution < 1.29 is 18.0 Å². The number of unbranched alkanes of at least 4 members (excludes halogenated alkanes) is 1. The summed E-state index contributed by atoms with van der Waals surface area (Å²) in [4.78, 5) is 29.9. The lowest BCUT2D eigenvalue weighted by atomic mass is 10.0. The summed E-state index contributed by atoms with van der Waals surface area (Å²) in [5.41, 5.74) is 3.45. The summed E-state index contributed by atoms with van der Waals surface area (Å²) >= 11 is 12.8. The molecule has 0 unspecified atom stereocenters. The molecule has 242 valence electrons. The van der Waals surface area contributed by atoms with Crippen LogP contribution in [-0.4, -0.2) is 44.3 Å². The van der Waals surface area contributed by atoms with Crippen molar-refractivity contribution in [2.45, 2.75) is 57.5 Å². The van der Waals surface area contributed by atoms with Crippen LogP contribution in [0.15, 0.2) is 102 Å². The molecular formula is C36H39Cl2N3O4S. The topological polar surface area (TPSA) is 86.8 Å². The molecule has 10 heteroatoms. The van der Waals surface area contributed by atoms with Gasteiger partial charge in [-0.1, -0.05) is 103 Å². The van der Waals surface area contributed by atoms with Crippen molar-refractivity contribution >= 4 is 50.7 Å². The van der Waals surface area contributed by atoms with Crippen LogP contribution in [0.2, 0.25) is 10.0 Å². The van der Waals surface area contributed by atoms with Crippen LogP contribution in [0.4, 0.5) is 5.69 Å². The molecule has 0 aliphatic carbocycles. The molecule has 0 aliphatic heterocycles. The van der Waals surface area contributed by atoms with Gasteiger partial charge >= 0.3 is 0 Å². The summed E-state index contributed by atoms with van der Waals surface area (Å²) in [6.45, 7) is 5.63. The maximum Gasteiger partial charge on any atom is 0.264 e. The van der Waals surface area contributed by atoms with Crippen LogP contribution in [0, 0.1) is 13.8 Å². The molecule has 0 radical (unpaired) electrons. The Morgan fingerprint density at radius 1 is 0.848 bits per heavy atom. The van der Waals surface area contributed by atoms with E-state index in [2.05, 4.69) is 5.32 Å². The SMILES string of the molecule is CCCCNC(=O)[C@H](Cc1ccccc1)N(Cc1cccc(Cl)c1)C(=O)CN(c1ccc(C)c(Cl)c1)S(=O)(=O)c1ccc(C)cc1. The number of aryl methyl sites for hydroxylation is 2. The Morgan fingerprint density at radius 2 is 1.54 bits per heavy atom. The summed E-state index contributed by atoms with van der Waals surface area (Å²) < 4.78 is 29.4. The number of carbonyl (C=O) groups is 2. The number of benzene rings is 4. The third-order valence-corrected chi connectivity index (χ3v) is 10.1. The van der Waals surface area contributed by atoms with Crippen LogP contribution in [-0.2, 0) is 32.6 Å². The molecule has 0 heterocycles. The van der Waals surface area contributed by atoms with E-state index in [1.807, 2.05) is 57.2 Å². The van der Waals surface area contributed by atoms with Gasteiger partial charge in [0.25, 0.3) is 10.0 Å². The Balaban J connectivity index is 1.81. The second-order valence-corrected chi connectivity index (χ2v) is 14.0. The van der Waals surface area contributed by atoms with Gasteiger partial charge in [0.2, 0.25) is 11.8 Å². The number of carbonyl (C=O) groups excluding carboxylic acids is 2. The lowest BCUT2D eigenvalue weighted by molar-refractivity contribution is -0.140. The monoisotopic (exact) mass is 679 g/mol. The Morgan fingerprint density at radius 3 is 2.20 bits per heavy atom. The number of rotatable bonds is 14. The largest absolute Gasteiger partial charge is 0.354 e. The molecule has 0 saturated carbocycles. The molecule has 4 rings (SSSR count). The number of hydrogen-bond donors (Lipinski definition) is 1. The van der Waals surface area contributed by atoms with Gasteiger partial charge in [0, 0.05) is 29.6 Å². The summed E-state index contributed by atoms with van der Waals surface area (Å²) in [7, 11) is -4.23. The Bertz CT molecular complexity index is 1750. The lowest BCUT2D eigenvalue weighted by Gasteiger charge is -2.34. The zero-order valence-electron chi connectivity index (χ0n) is 26.2. The van der Waals surface area contributed by atoms with Crippen LogP contribution in [0.1, 0.15) is 42.0 Å². The van der Waals surface area contributed by atoms with Gasteiger partial charge in [0.05, 0.1) is 10.6 Å². The average molecular weight is 681 g/mol.